The highest BCUT2D eigenvalue weighted by atomic mass is 35.5. The fourth-order valence-corrected chi connectivity index (χ4v) is 2.55. The maximum absolute atomic E-state index is 13.3. The van der Waals surface area contributed by atoms with Crippen molar-refractivity contribution in [3.63, 3.8) is 0 Å². The number of nitrogens with zero attached hydrogens (tertiary/aromatic N) is 2. The van der Waals surface area contributed by atoms with Gasteiger partial charge in [-0.15, -0.1) is 0 Å². The summed E-state index contributed by atoms with van der Waals surface area (Å²) in [6, 6.07) is 2.71. The van der Waals surface area contributed by atoms with Crippen LogP contribution in [0.2, 0.25) is 20.2 Å². The first-order valence-electron chi connectivity index (χ1n) is 6.72. The van der Waals surface area contributed by atoms with Crippen molar-refractivity contribution in [3.8, 4) is 0 Å². The topological polar surface area (TPSA) is 111 Å². The number of nitrogens with one attached hydrogen (secondary N) is 1. The number of rotatable bonds is 5. The number of nitro groups is 1. The Kier molecular flexibility index (Phi) is 6.77. The van der Waals surface area contributed by atoms with Crippen molar-refractivity contribution < 1.29 is 23.6 Å². The lowest BCUT2D eigenvalue weighted by Gasteiger charge is -2.09. The molecule has 0 saturated carbocycles. The molecule has 1 heterocycles. The predicted octanol–water partition coefficient (Wildman–Crippen LogP) is 4.54. The number of hydrogen-bond donors (Lipinski definition) is 1. The molecule has 27 heavy (non-hydrogen) atoms. The molecule has 8 nitrogen and oxygen atoms in total. The lowest BCUT2D eigenvalue weighted by Crippen LogP contribution is -2.21. The number of amides is 1. The van der Waals surface area contributed by atoms with E-state index in [2.05, 4.69) is 10.3 Å². The first kappa shape index (κ1) is 21.1. The van der Waals surface area contributed by atoms with Crippen molar-refractivity contribution in [2.45, 2.75) is 0 Å². The molecule has 0 bridgehead atoms. The Labute approximate surface area is 170 Å². The van der Waals surface area contributed by atoms with Crippen LogP contribution in [0.5, 0.6) is 0 Å². The summed E-state index contributed by atoms with van der Waals surface area (Å²) < 4.78 is 18.0. The standard InChI is InChI=1S/C14H6Cl4FN3O5/c15-9-10(16)12(21-13(18)11(9)17)14(24)27-4-8(23)20-5-1-2-6(19)7(3-5)22(25)26/h1-3H,4H2,(H,20,23). The first-order valence-corrected chi connectivity index (χ1v) is 8.24. The van der Waals surface area contributed by atoms with E-state index in [0.29, 0.717) is 0 Å². The molecule has 2 rings (SSSR count). The Morgan fingerprint density at radius 3 is 2.48 bits per heavy atom. The molecule has 0 atom stereocenters. The van der Waals surface area contributed by atoms with E-state index in [1.807, 2.05) is 0 Å². The van der Waals surface area contributed by atoms with E-state index in [9.17, 15) is 24.1 Å². The number of nitro benzene ring substituents is 1. The number of pyridine rings is 1. The second-order valence-corrected chi connectivity index (χ2v) is 6.23. The molecule has 0 aliphatic carbocycles. The molecule has 0 spiro atoms. The van der Waals surface area contributed by atoms with Crippen molar-refractivity contribution in [3.05, 3.63) is 60.0 Å². The van der Waals surface area contributed by atoms with Gasteiger partial charge in [-0.1, -0.05) is 46.4 Å². The highest BCUT2D eigenvalue weighted by Gasteiger charge is 2.22. The Morgan fingerprint density at radius 1 is 1.19 bits per heavy atom. The number of carbonyl (C=O) groups excluding carboxylic acids is 2. The molecule has 1 N–H and O–H groups in total. The highest BCUT2D eigenvalue weighted by Crippen LogP contribution is 2.36. The molecule has 0 radical (unpaired) electrons. The molecule has 1 amide bonds. The summed E-state index contributed by atoms with van der Waals surface area (Å²) in [5.41, 5.74) is -1.36. The minimum atomic E-state index is -1.11. The molecule has 0 saturated heterocycles. The van der Waals surface area contributed by atoms with Crippen LogP contribution < -0.4 is 5.32 Å². The summed E-state index contributed by atoms with van der Waals surface area (Å²) in [6.45, 7) is -0.792. The zero-order valence-corrected chi connectivity index (χ0v) is 15.8. The first-order chi connectivity index (χ1) is 12.6. The van der Waals surface area contributed by atoms with Gasteiger partial charge in [0, 0.05) is 11.8 Å². The monoisotopic (exact) mass is 455 g/mol. The van der Waals surface area contributed by atoms with Crippen molar-refractivity contribution in [2.24, 2.45) is 0 Å². The third kappa shape index (κ3) is 4.95. The number of aromatic nitrogens is 1. The van der Waals surface area contributed by atoms with Crippen LogP contribution in [0.3, 0.4) is 0 Å². The number of benzene rings is 1. The Balaban J connectivity index is 2.05. The minimum absolute atomic E-state index is 0.0714. The van der Waals surface area contributed by atoms with Crippen LogP contribution in [0.4, 0.5) is 15.8 Å². The van der Waals surface area contributed by atoms with Gasteiger partial charge in [0.05, 0.1) is 20.0 Å². The number of anilines is 1. The van der Waals surface area contributed by atoms with Crippen LogP contribution in [-0.2, 0) is 9.53 Å². The summed E-state index contributed by atoms with van der Waals surface area (Å²) >= 11 is 23.0. The number of halogens is 5. The molecule has 0 aliphatic rings. The lowest BCUT2D eigenvalue weighted by molar-refractivity contribution is -0.387. The van der Waals surface area contributed by atoms with Gasteiger partial charge in [-0.3, -0.25) is 14.9 Å². The molecular weight excluding hydrogens is 451 g/mol. The van der Waals surface area contributed by atoms with Crippen LogP contribution in [0.15, 0.2) is 18.2 Å². The molecule has 0 fully saturated rings. The van der Waals surface area contributed by atoms with Crippen molar-refractivity contribution in [1.29, 1.82) is 0 Å². The smallest absolute Gasteiger partial charge is 0.359 e. The van der Waals surface area contributed by atoms with Crippen LogP contribution in [0.25, 0.3) is 0 Å². The van der Waals surface area contributed by atoms with Gasteiger partial charge in [0.1, 0.15) is 5.15 Å². The number of esters is 1. The van der Waals surface area contributed by atoms with E-state index < -0.39 is 40.6 Å². The molecule has 0 aliphatic heterocycles. The van der Waals surface area contributed by atoms with E-state index in [0.717, 1.165) is 18.2 Å². The zero-order valence-electron chi connectivity index (χ0n) is 12.8. The molecule has 1 aromatic carbocycles. The Bertz CT molecular complexity index is 957. The fourth-order valence-electron chi connectivity index (χ4n) is 1.75. The van der Waals surface area contributed by atoms with Crippen LogP contribution in [0.1, 0.15) is 10.5 Å². The zero-order chi connectivity index (χ0) is 20.3. The summed E-state index contributed by atoms with van der Waals surface area (Å²) in [6.07, 6.45) is 0. The van der Waals surface area contributed by atoms with E-state index in [1.165, 1.54) is 0 Å². The molecule has 0 unspecified atom stereocenters. The van der Waals surface area contributed by atoms with Gasteiger partial charge in [0.2, 0.25) is 5.82 Å². The van der Waals surface area contributed by atoms with E-state index >= 15 is 0 Å². The van der Waals surface area contributed by atoms with Gasteiger partial charge in [-0.25, -0.2) is 9.78 Å². The second-order valence-electron chi connectivity index (χ2n) is 4.74. The van der Waals surface area contributed by atoms with Gasteiger partial charge < -0.3 is 10.1 Å². The molecule has 1 aromatic heterocycles. The van der Waals surface area contributed by atoms with Crippen LogP contribution in [-0.4, -0.2) is 28.4 Å². The van der Waals surface area contributed by atoms with Gasteiger partial charge in [-0.2, -0.15) is 4.39 Å². The highest BCUT2D eigenvalue weighted by molar-refractivity contribution is 6.52. The molecular formula is C14H6Cl4FN3O5. The van der Waals surface area contributed by atoms with Gasteiger partial charge in [-0.05, 0) is 12.1 Å². The molecule has 2 aromatic rings. The van der Waals surface area contributed by atoms with Gasteiger partial charge in [0.15, 0.2) is 12.3 Å². The van der Waals surface area contributed by atoms with Gasteiger partial charge >= 0.3 is 11.7 Å². The number of ether oxygens (including phenoxy) is 1. The SMILES string of the molecule is O=C(COC(=O)c1nc(Cl)c(Cl)c(Cl)c1Cl)Nc1ccc(F)c([N+](=O)[O-])c1. The Morgan fingerprint density at radius 2 is 1.85 bits per heavy atom. The second kappa shape index (κ2) is 8.66. The average Bonchev–Trinajstić information content (AvgIpc) is 2.62. The predicted molar refractivity (Wildman–Crippen MR) is 96.2 cm³/mol. The Hall–Kier alpha value is -2.20. The lowest BCUT2D eigenvalue weighted by atomic mass is 10.2. The van der Waals surface area contributed by atoms with Gasteiger partial charge in [0.25, 0.3) is 5.91 Å². The normalized spacial score (nSPS) is 10.4. The van der Waals surface area contributed by atoms with Crippen LogP contribution >= 0.6 is 46.4 Å². The van der Waals surface area contributed by atoms with E-state index in [-0.39, 0.29) is 25.9 Å². The number of hydrogen-bond acceptors (Lipinski definition) is 6. The van der Waals surface area contributed by atoms with E-state index in [4.69, 9.17) is 51.1 Å². The minimum Gasteiger partial charge on any atom is -0.451 e. The molecule has 142 valence electrons. The third-order valence-electron chi connectivity index (χ3n) is 2.94. The van der Waals surface area contributed by atoms with Crippen molar-refractivity contribution in [1.82, 2.24) is 4.98 Å². The summed E-state index contributed by atoms with van der Waals surface area (Å²) in [4.78, 5) is 37.1. The number of carbonyl (C=O) groups is 2. The average molecular weight is 457 g/mol. The fraction of sp³-hybridized carbons (Fsp3) is 0.0714. The maximum Gasteiger partial charge on any atom is 0.359 e. The maximum atomic E-state index is 13.3. The summed E-state index contributed by atoms with van der Waals surface area (Å²) in [7, 11) is 0. The van der Waals surface area contributed by atoms with Crippen LogP contribution in [0, 0.1) is 15.9 Å². The van der Waals surface area contributed by atoms with E-state index in [1.54, 1.807) is 0 Å². The van der Waals surface area contributed by atoms with Crippen molar-refractivity contribution >= 4 is 69.7 Å². The third-order valence-corrected chi connectivity index (χ3v) is 4.62. The summed E-state index contributed by atoms with van der Waals surface area (Å²) in [5.74, 6) is -3.03. The quantitative estimate of drug-likeness (QED) is 0.306. The largest absolute Gasteiger partial charge is 0.451 e. The molecule has 13 heteroatoms. The van der Waals surface area contributed by atoms with Crippen molar-refractivity contribution in [2.75, 3.05) is 11.9 Å². The summed E-state index contributed by atoms with van der Waals surface area (Å²) in [5, 5.41) is 11.9.